The van der Waals surface area contributed by atoms with Crippen molar-refractivity contribution < 1.29 is 18.0 Å². The highest BCUT2D eigenvalue weighted by atomic mass is 79.9. The Hall–Kier alpha value is -2.57. The largest absolute Gasteiger partial charge is 0.417 e. The Kier molecular flexibility index (Phi) is 7.70. The lowest BCUT2D eigenvalue weighted by molar-refractivity contribution is -0.137. The van der Waals surface area contributed by atoms with Crippen LogP contribution in [0.25, 0.3) is 0 Å². The Morgan fingerprint density at radius 2 is 2.00 bits per heavy atom. The molecule has 33 heavy (non-hydrogen) atoms. The number of nitrogens with one attached hydrogen (secondary N) is 1. The summed E-state index contributed by atoms with van der Waals surface area (Å²) in [6.07, 6.45) is -3.02. The first-order valence-corrected chi connectivity index (χ1v) is 11.3. The highest BCUT2D eigenvalue weighted by molar-refractivity contribution is 9.10. The van der Waals surface area contributed by atoms with Crippen LogP contribution in [0.2, 0.25) is 5.02 Å². The average molecular weight is 542 g/mol. The number of alkyl halides is 3. The fraction of sp³-hybridized carbons (Fsp3) is 0.348. The molecule has 0 radical (unpaired) electrons. The molecule has 0 fully saturated rings. The van der Waals surface area contributed by atoms with Crippen molar-refractivity contribution in [1.29, 1.82) is 5.26 Å². The number of anilines is 1. The number of benzene rings is 2. The molecule has 0 saturated heterocycles. The number of nitrogens with zero attached hydrogens (tertiary/aromatic N) is 3. The van der Waals surface area contributed by atoms with Crippen LogP contribution >= 0.6 is 27.5 Å². The molecule has 0 aromatic heterocycles. The van der Waals surface area contributed by atoms with Crippen LogP contribution < -0.4 is 5.32 Å². The zero-order valence-electron chi connectivity index (χ0n) is 17.7. The molecule has 1 unspecified atom stereocenters. The summed E-state index contributed by atoms with van der Waals surface area (Å²) in [5.41, 5.74) is 0.176. The molecule has 10 heteroatoms. The van der Waals surface area contributed by atoms with Gasteiger partial charge in [-0.05, 0) is 54.8 Å². The fourth-order valence-electron chi connectivity index (χ4n) is 3.82. The maximum Gasteiger partial charge on any atom is 0.417 e. The molecule has 5 nitrogen and oxygen atoms in total. The van der Waals surface area contributed by atoms with Gasteiger partial charge in [-0.3, -0.25) is 9.80 Å². The lowest BCUT2D eigenvalue weighted by Gasteiger charge is -2.26. The minimum absolute atomic E-state index is 0.0260. The third kappa shape index (κ3) is 6.27. The van der Waals surface area contributed by atoms with Crippen molar-refractivity contribution >= 4 is 44.8 Å². The molecule has 1 amide bonds. The molecule has 174 valence electrons. The Labute approximate surface area is 203 Å². The van der Waals surface area contributed by atoms with E-state index in [1.54, 1.807) is 17.1 Å². The SMILES string of the molecule is CC1(CCCC#N)CN(CC(=O)Nc2ccc(Br)cc2)N=C1c1ccc(C(F)(F)F)c(Cl)c1. The summed E-state index contributed by atoms with van der Waals surface area (Å²) in [6.45, 7) is 2.29. The molecule has 0 saturated carbocycles. The van der Waals surface area contributed by atoms with Crippen LogP contribution in [0.15, 0.2) is 52.0 Å². The van der Waals surface area contributed by atoms with Gasteiger partial charge in [0.25, 0.3) is 0 Å². The quantitative estimate of drug-likeness (QED) is 0.408. The lowest BCUT2D eigenvalue weighted by atomic mass is 9.78. The van der Waals surface area contributed by atoms with Crippen LogP contribution in [0.4, 0.5) is 18.9 Å². The minimum atomic E-state index is -4.56. The average Bonchev–Trinajstić information content (AvgIpc) is 3.04. The number of hydrogen-bond donors (Lipinski definition) is 1. The Morgan fingerprint density at radius 3 is 2.61 bits per heavy atom. The zero-order valence-corrected chi connectivity index (χ0v) is 20.1. The van der Waals surface area contributed by atoms with E-state index in [2.05, 4.69) is 32.4 Å². The minimum Gasteiger partial charge on any atom is -0.324 e. The second-order valence-electron chi connectivity index (χ2n) is 8.09. The Morgan fingerprint density at radius 1 is 1.30 bits per heavy atom. The molecule has 1 heterocycles. The zero-order chi connectivity index (χ0) is 24.2. The topological polar surface area (TPSA) is 68.5 Å². The molecule has 1 N–H and O–H groups in total. The van der Waals surface area contributed by atoms with E-state index in [9.17, 15) is 18.0 Å². The molecule has 0 spiro atoms. The monoisotopic (exact) mass is 540 g/mol. The van der Waals surface area contributed by atoms with Crippen LogP contribution in [0.5, 0.6) is 0 Å². The second kappa shape index (κ2) is 10.1. The van der Waals surface area contributed by atoms with E-state index < -0.39 is 22.2 Å². The van der Waals surface area contributed by atoms with Crippen LogP contribution in [0.3, 0.4) is 0 Å². The molecule has 1 aliphatic heterocycles. The highest BCUT2D eigenvalue weighted by Crippen LogP contribution is 2.39. The number of carbonyl (C=O) groups excluding carboxylic acids is 1. The first-order chi connectivity index (χ1) is 15.5. The molecule has 1 aliphatic rings. The van der Waals surface area contributed by atoms with Crippen molar-refractivity contribution in [3.8, 4) is 6.07 Å². The van der Waals surface area contributed by atoms with E-state index in [-0.39, 0.29) is 12.5 Å². The summed E-state index contributed by atoms with van der Waals surface area (Å²) in [6, 6.07) is 12.8. The van der Waals surface area contributed by atoms with Gasteiger partial charge < -0.3 is 5.32 Å². The predicted molar refractivity (Wildman–Crippen MR) is 125 cm³/mol. The first kappa shape index (κ1) is 25.1. The predicted octanol–water partition coefficient (Wildman–Crippen LogP) is 6.48. The van der Waals surface area contributed by atoms with E-state index in [0.29, 0.717) is 42.8 Å². The van der Waals surface area contributed by atoms with Crippen molar-refractivity contribution in [1.82, 2.24) is 5.01 Å². The third-order valence-electron chi connectivity index (χ3n) is 5.36. The number of carbonyl (C=O) groups is 1. The molecule has 2 aromatic carbocycles. The normalized spacial score (nSPS) is 18.1. The van der Waals surface area contributed by atoms with Gasteiger partial charge in [0, 0.05) is 28.5 Å². The van der Waals surface area contributed by atoms with E-state index in [1.807, 2.05) is 19.1 Å². The molecule has 1 atom stereocenters. The number of nitriles is 1. The van der Waals surface area contributed by atoms with E-state index in [4.69, 9.17) is 16.9 Å². The second-order valence-corrected chi connectivity index (χ2v) is 9.41. The number of rotatable bonds is 7. The summed E-state index contributed by atoms with van der Waals surface area (Å²) in [5, 5.41) is 17.5. The standard InChI is InChI=1S/C23H21BrClF3N4O/c1-22(10-2-3-11-29)14-32(13-20(33)30-17-7-5-16(24)6-8-17)31-21(22)15-4-9-18(19(25)12-15)23(26,27)28/h4-9,12H,2-3,10,13-14H2,1H3,(H,30,33). The van der Waals surface area contributed by atoms with Crippen molar-refractivity contribution in [2.45, 2.75) is 32.4 Å². The number of hydrazone groups is 1. The van der Waals surface area contributed by atoms with Gasteiger partial charge in [-0.2, -0.15) is 23.5 Å². The summed E-state index contributed by atoms with van der Waals surface area (Å²) >= 11 is 9.27. The molecule has 0 aliphatic carbocycles. The van der Waals surface area contributed by atoms with Gasteiger partial charge in [-0.25, -0.2) is 0 Å². The van der Waals surface area contributed by atoms with Gasteiger partial charge in [-0.15, -0.1) is 0 Å². The number of unbranched alkanes of at least 4 members (excludes halogenated alkanes) is 1. The molecule has 0 bridgehead atoms. The smallest absolute Gasteiger partial charge is 0.324 e. The molecular weight excluding hydrogens is 521 g/mol. The molecule has 2 aromatic rings. The van der Waals surface area contributed by atoms with Gasteiger partial charge in [0.1, 0.15) is 6.54 Å². The number of halogens is 5. The van der Waals surface area contributed by atoms with E-state index in [0.717, 1.165) is 10.5 Å². The summed E-state index contributed by atoms with van der Waals surface area (Å²) in [7, 11) is 0. The number of amides is 1. The third-order valence-corrected chi connectivity index (χ3v) is 6.21. The van der Waals surface area contributed by atoms with Crippen molar-refractivity contribution in [2.75, 3.05) is 18.4 Å². The van der Waals surface area contributed by atoms with Gasteiger partial charge >= 0.3 is 6.18 Å². The van der Waals surface area contributed by atoms with Crippen LogP contribution in [-0.4, -0.2) is 29.7 Å². The van der Waals surface area contributed by atoms with Crippen LogP contribution in [0.1, 0.15) is 37.3 Å². The van der Waals surface area contributed by atoms with Crippen molar-refractivity contribution in [3.63, 3.8) is 0 Å². The van der Waals surface area contributed by atoms with Gasteiger partial charge in [0.15, 0.2) is 0 Å². The number of hydrogen-bond acceptors (Lipinski definition) is 4. The summed E-state index contributed by atoms with van der Waals surface area (Å²) < 4.78 is 40.3. The van der Waals surface area contributed by atoms with Crippen molar-refractivity contribution in [3.05, 3.63) is 63.1 Å². The Bertz CT molecular complexity index is 1100. The fourth-order valence-corrected chi connectivity index (χ4v) is 4.37. The van der Waals surface area contributed by atoms with Crippen LogP contribution in [0, 0.1) is 16.7 Å². The summed E-state index contributed by atoms with van der Waals surface area (Å²) in [5.74, 6) is -0.271. The van der Waals surface area contributed by atoms with Crippen molar-refractivity contribution in [2.24, 2.45) is 10.5 Å². The van der Waals surface area contributed by atoms with Gasteiger partial charge in [0.2, 0.25) is 5.91 Å². The van der Waals surface area contributed by atoms with E-state index >= 15 is 0 Å². The first-order valence-electron chi connectivity index (χ1n) is 10.2. The highest BCUT2D eigenvalue weighted by Gasteiger charge is 2.40. The van der Waals surface area contributed by atoms with Gasteiger partial charge in [0.05, 0.1) is 22.4 Å². The van der Waals surface area contributed by atoms with Gasteiger partial charge in [-0.1, -0.05) is 40.5 Å². The van der Waals surface area contributed by atoms with E-state index in [1.165, 1.54) is 12.1 Å². The lowest BCUT2D eigenvalue weighted by Crippen LogP contribution is -2.34. The molecule has 3 rings (SSSR count). The maximum absolute atomic E-state index is 13.1. The maximum atomic E-state index is 13.1. The molecular formula is C23H21BrClF3N4O. The Balaban J connectivity index is 1.83. The summed E-state index contributed by atoms with van der Waals surface area (Å²) in [4.78, 5) is 12.6. The van der Waals surface area contributed by atoms with Crippen LogP contribution in [-0.2, 0) is 11.0 Å².